The number of nitrogens with two attached hydrogens (primary N) is 1. The molecule has 2 atom stereocenters. The van der Waals surface area contributed by atoms with Crippen LogP contribution in [0, 0.1) is 0 Å². The zero-order valence-electron chi connectivity index (χ0n) is 11.9. The molecule has 2 heterocycles. The highest BCUT2D eigenvalue weighted by Gasteiger charge is 2.32. The van der Waals surface area contributed by atoms with E-state index in [0.29, 0.717) is 5.69 Å². The fraction of sp³-hybridized carbons (Fsp3) is 0. The number of benzene rings is 3. The predicted octanol–water partition coefficient (Wildman–Crippen LogP) is 3.56. The van der Waals surface area contributed by atoms with Gasteiger partial charge in [0.25, 0.3) is 0 Å². The van der Waals surface area contributed by atoms with Gasteiger partial charge in [-0.15, -0.1) is 0 Å². The van der Waals surface area contributed by atoms with Crippen LogP contribution >= 0.6 is 0 Å². The van der Waals surface area contributed by atoms with Crippen molar-refractivity contribution < 1.29 is 8.42 Å². The minimum absolute atomic E-state index is 0.603. The van der Waals surface area contributed by atoms with Crippen molar-refractivity contribution in [2.75, 3.05) is 5.73 Å². The van der Waals surface area contributed by atoms with Gasteiger partial charge in [-0.1, -0.05) is 24.3 Å². The quantitative estimate of drug-likeness (QED) is 0.440. The van der Waals surface area contributed by atoms with E-state index in [1.54, 1.807) is 6.07 Å². The predicted molar refractivity (Wildman–Crippen MR) is 91.1 cm³/mol. The Morgan fingerprint density at radius 2 is 1.17 bits per heavy atom. The molecular formula is C18H11NO2S2. The van der Waals surface area contributed by atoms with Gasteiger partial charge in [0.15, 0.2) is 0 Å². The maximum absolute atomic E-state index is 12.8. The van der Waals surface area contributed by atoms with Gasteiger partial charge in [0, 0.05) is 16.8 Å². The monoisotopic (exact) mass is 337 g/mol. The molecular weight excluding hydrogens is 326 g/mol. The molecule has 0 amide bonds. The van der Waals surface area contributed by atoms with Crippen molar-refractivity contribution in [3.8, 4) is 22.3 Å². The van der Waals surface area contributed by atoms with Crippen LogP contribution in [0.1, 0.15) is 0 Å². The third-order valence-electron chi connectivity index (χ3n) is 4.35. The van der Waals surface area contributed by atoms with E-state index < -0.39 is 21.6 Å². The summed E-state index contributed by atoms with van der Waals surface area (Å²) in [6.07, 6.45) is 0. The molecule has 0 aromatic heterocycles. The molecule has 2 aliphatic rings. The molecule has 2 aliphatic heterocycles. The fourth-order valence-corrected chi connectivity index (χ4v) is 6.15. The van der Waals surface area contributed by atoms with Crippen LogP contribution < -0.4 is 5.73 Å². The summed E-state index contributed by atoms with van der Waals surface area (Å²) in [5.41, 5.74) is 10.1. The average Bonchev–Trinajstić information content (AvgIpc) is 3.00. The Morgan fingerprint density at radius 1 is 0.609 bits per heavy atom. The molecule has 0 aliphatic carbocycles. The van der Waals surface area contributed by atoms with Gasteiger partial charge in [0.05, 0.1) is 41.2 Å². The first-order chi connectivity index (χ1) is 11.1. The van der Waals surface area contributed by atoms with Gasteiger partial charge in [-0.3, -0.25) is 0 Å². The van der Waals surface area contributed by atoms with Crippen LogP contribution in [0.3, 0.4) is 0 Å². The molecule has 0 saturated heterocycles. The number of anilines is 1. The topological polar surface area (TPSA) is 60.2 Å². The highest BCUT2D eigenvalue weighted by atomic mass is 32.2. The van der Waals surface area contributed by atoms with Crippen molar-refractivity contribution in [2.45, 2.75) is 19.6 Å². The molecule has 0 bridgehead atoms. The van der Waals surface area contributed by atoms with E-state index in [1.165, 1.54) is 0 Å². The number of hydrogen-bond donors (Lipinski definition) is 1. The van der Waals surface area contributed by atoms with Crippen molar-refractivity contribution in [1.29, 1.82) is 0 Å². The lowest BCUT2D eigenvalue weighted by atomic mass is 10.0. The van der Waals surface area contributed by atoms with E-state index in [0.717, 1.165) is 41.8 Å². The van der Waals surface area contributed by atoms with E-state index in [2.05, 4.69) is 0 Å². The highest BCUT2D eigenvalue weighted by molar-refractivity contribution is 7.86. The van der Waals surface area contributed by atoms with E-state index in [4.69, 9.17) is 5.73 Å². The second-order valence-corrected chi connectivity index (χ2v) is 8.47. The summed E-state index contributed by atoms with van der Waals surface area (Å²) in [5, 5.41) is 0. The molecule has 3 aromatic carbocycles. The van der Waals surface area contributed by atoms with Crippen LogP contribution in [0.5, 0.6) is 0 Å². The molecule has 0 radical (unpaired) electrons. The molecule has 5 heteroatoms. The van der Waals surface area contributed by atoms with Gasteiger partial charge < -0.3 is 5.73 Å². The van der Waals surface area contributed by atoms with Crippen LogP contribution in [0.2, 0.25) is 0 Å². The fourth-order valence-electron chi connectivity index (χ4n) is 3.29. The molecule has 0 fully saturated rings. The van der Waals surface area contributed by atoms with Gasteiger partial charge in [-0.05, 0) is 41.5 Å². The first-order valence-electron chi connectivity index (χ1n) is 7.16. The van der Waals surface area contributed by atoms with E-state index in [-0.39, 0.29) is 0 Å². The Balaban J connectivity index is 1.83. The lowest BCUT2D eigenvalue weighted by Gasteiger charge is -2.04. The van der Waals surface area contributed by atoms with Gasteiger partial charge >= 0.3 is 0 Å². The van der Waals surface area contributed by atoms with E-state index in [1.807, 2.05) is 48.5 Å². The third kappa shape index (κ3) is 1.63. The van der Waals surface area contributed by atoms with Crippen LogP contribution in [0.15, 0.2) is 74.2 Å². The Labute approximate surface area is 138 Å². The first kappa shape index (κ1) is 13.2. The molecule has 5 rings (SSSR count). The lowest BCUT2D eigenvalue weighted by molar-refractivity contribution is 0.683. The maximum atomic E-state index is 12.8. The Kier molecular flexibility index (Phi) is 2.53. The normalized spacial score (nSPS) is 19.8. The minimum atomic E-state index is -1.24. The highest BCUT2D eigenvalue weighted by Crippen LogP contribution is 2.48. The van der Waals surface area contributed by atoms with E-state index in [9.17, 15) is 8.42 Å². The molecule has 0 saturated carbocycles. The summed E-state index contributed by atoms with van der Waals surface area (Å²) in [6, 6.07) is 17.0. The second-order valence-electron chi connectivity index (χ2n) is 5.63. The summed E-state index contributed by atoms with van der Waals surface area (Å²) in [5.74, 6) is 0. The van der Waals surface area contributed by atoms with Crippen LogP contribution in [-0.2, 0) is 21.6 Å². The molecule has 0 spiro atoms. The van der Waals surface area contributed by atoms with Gasteiger partial charge in [-0.2, -0.15) is 0 Å². The second kappa shape index (κ2) is 4.40. The van der Waals surface area contributed by atoms with Crippen molar-refractivity contribution in [2.24, 2.45) is 0 Å². The molecule has 2 unspecified atom stereocenters. The molecule has 23 heavy (non-hydrogen) atoms. The van der Waals surface area contributed by atoms with Crippen molar-refractivity contribution in [3.05, 3.63) is 54.6 Å². The molecule has 3 aromatic rings. The SMILES string of the molecule is Nc1ccc2c(c1)S(=O)c1cc3c(cc1-2)S(=O)c1ccccc1-3. The average molecular weight is 337 g/mol. The zero-order chi connectivity index (χ0) is 15.7. The van der Waals surface area contributed by atoms with Crippen LogP contribution in [0.25, 0.3) is 22.3 Å². The van der Waals surface area contributed by atoms with Crippen molar-refractivity contribution in [1.82, 2.24) is 0 Å². The maximum Gasteiger partial charge on any atom is 0.0863 e. The number of nitrogen functional groups attached to an aromatic ring is 1. The smallest absolute Gasteiger partial charge is 0.0863 e. The number of rotatable bonds is 0. The Morgan fingerprint density at radius 3 is 1.91 bits per heavy atom. The minimum Gasteiger partial charge on any atom is -0.399 e. The third-order valence-corrected chi connectivity index (χ3v) is 7.32. The largest absolute Gasteiger partial charge is 0.399 e. The standard InChI is InChI=1S/C18H11NO2S2/c19-10-5-6-12-14-9-17-13(8-18(14)23(21)16(12)7-10)11-3-1-2-4-15(11)22(17)20/h1-9H,19H2. The molecule has 112 valence electrons. The Bertz CT molecular complexity index is 1070. The van der Waals surface area contributed by atoms with Crippen LogP contribution in [0.4, 0.5) is 5.69 Å². The summed E-state index contributed by atoms with van der Waals surface area (Å²) < 4.78 is 25.6. The van der Waals surface area contributed by atoms with Gasteiger partial charge in [-0.25, -0.2) is 8.42 Å². The first-order valence-corrected chi connectivity index (χ1v) is 9.46. The summed E-state index contributed by atoms with van der Waals surface area (Å²) in [4.78, 5) is 3.14. The lowest BCUT2D eigenvalue weighted by Crippen LogP contribution is -1.90. The summed E-state index contributed by atoms with van der Waals surface area (Å²) in [6.45, 7) is 0. The van der Waals surface area contributed by atoms with Crippen molar-refractivity contribution >= 4 is 27.3 Å². The van der Waals surface area contributed by atoms with Gasteiger partial charge in [0.1, 0.15) is 0 Å². The number of fused-ring (bicyclic) bond motifs is 6. The molecule has 3 nitrogen and oxygen atoms in total. The zero-order valence-corrected chi connectivity index (χ0v) is 13.5. The summed E-state index contributed by atoms with van der Waals surface area (Å²) in [7, 11) is -2.42. The Hall–Kier alpha value is -2.24. The van der Waals surface area contributed by atoms with Crippen molar-refractivity contribution in [3.63, 3.8) is 0 Å². The number of hydrogen-bond acceptors (Lipinski definition) is 3. The summed E-state index contributed by atoms with van der Waals surface area (Å²) >= 11 is 0. The molecule has 2 N–H and O–H groups in total. The van der Waals surface area contributed by atoms with Gasteiger partial charge in [0.2, 0.25) is 0 Å². The van der Waals surface area contributed by atoms with Crippen LogP contribution in [-0.4, -0.2) is 8.42 Å². The van der Waals surface area contributed by atoms with E-state index >= 15 is 0 Å².